The van der Waals surface area contributed by atoms with Crippen LogP contribution >= 0.6 is 11.3 Å². The summed E-state index contributed by atoms with van der Waals surface area (Å²) in [5, 5.41) is 7.89. The molecule has 2 heterocycles. The Labute approximate surface area is 86.0 Å². The van der Waals surface area contributed by atoms with Crippen molar-refractivity contribution in [1.29, 1.82) is 0 Å². The molecule has 0 aliphatic rings. The minimum absolute atomic E-state index is 0.0364. The minimum atomic E-state index is 0.0364. The summed E-state index contributed by atoms with van der Waals surface area (Å²) in [4.78, 5) is 11.9. The maximum Gasteiger partial charge on any atom is 0.211 e. The maximum atomic E-state index is 11.9. The van der Waals surface area contributed by atoms with Gasteiger partial charge in [-0.15, -0.1) is 0 Å². The van der Waals surface area contributed by atoms with Gasteiger partial charge in [-0.25, -0.2) is 0 Å². The first kappa shape index (κ1) is 9.15. The first-order valence-electron chi connectivity index (χ1n) is 4.26. The molecule has 4 heteroatoms. The van der Waals surface area contributed by atoms with E-state index in [1.54, 1.807) is 17.8 Å². The Hall–Kier alpha value is -1.42. The van der Waals surface area contributed by atoms with Crippen molar-refractivity contribution in [2.45, 2.75) is 6.92 Å². The van der Waals surface area contributed by atoms with Gasteiger partial charge in [-0.3, -0.25) is 9.48 Å². The highest BCUT2D eigenvalue weighted by atomic mass is 32.1. The van der Waals surface area contributed by atoms with Crippen LogP contribution in [0.1, 0.15) is 21.7 Å². The molecule has 0 aromatic carbocycles. The molecule has 2 rings (SSSR count). The lowest BCUT2D eigenvalue weighted by Gasteiger charge is -1.97. The largest absolute Gasteiger partial charge is 0.287 e. The number of nitrogens with zero attached hydrogens (tertiary/aromatic N) is 2. The molecule has 0 unspecified atom stereocenters. The van der Waals surface area contributed by atoms with Gasteiger partial charge in [-0.1, -0.05) is 0 Å². The van der Waals surface area contributed by atoms with Crippen LogP contribution in [0.15, 0.2) is 22.9 Å². The molecule has 72 valence electrons. The van der Waals surface area contributed by atoms with Crippen molar-refractivity contribution < 1.29 is 4.79 Å². The standard InChI is InChI=1S/C10H10N2OS/c1-7-5-9(12(2)11-7)10(13)8-3-4-14-6-8/h3-6H,1-2H3. The third-order valence-corrected chi connectivity index (χ3v) is 2.70. The lowest BCUT2D eigenvalue weighted by molar-refractivity contribution is 0.103. The van der Waals surface area contributed by atoms with Crippen molar-refractivity contribution in [2.75, 3.05) is 0 Å². The number of hydrogen-bond acceptors (Lipinski definition) is 3. The van der Waals surface area contributed by atoms with E-state index < -0.39 is 0 Å². The van der Waals surface area contributed by atoms with Gasteiger partial charge in [0, 0.05) is 18.0 Å². The molecule has 2 aromatic heterocycles. The molecule has 14 heavy (non-hydrogen) atoms. The molecule has 0 aliphatic carbocycles. The fourth-order valence-corrected chi connectivity index (χ4v) is 2.00. The fourth-order valence-electron chi connectivity index (χ4n) is 1.36. The van der Waals surface area contributed by atoms with Crippen LogP contribution < -0.4 is 0 Å². The van der Waals surface area contributed by atoms with E-state index in [1.807, 2.05) is 23.8 Å². The molecular weight excluding hydrogens is 196 g/mol. The number of carbonyl (C=O) groups is 1. The van der Waals surface area contributed by atoms with Crippen LogP contribution in [-0.2, 0) is 7.05 Å². The molecule has 0 N–H and O–H groups in total. The average Bonchev–Trinajstić information content (AvgIpc) is 2.73. The van der Waals surface area contributed by atoms with Gasteiger partial charge in [-0.2, -0.15) is 16.4 Å². The Kier molecular flexibility index (Phi) is 2.21. The highest BCUT2D eigenvalue weighted by molar-refractivity contribution is 7.08. The second-order valence-corrected chi connectivity index (χ2v) is 3.92. The van der Waals surface area contributed by atoms with Crippen LogP contribution in [0.25, 0.3) is 0 Å². The monoisotopic (exact) mass is 206 g/mol. The summed E-state index contributed by atoms with van der Waals surface area (Å²) >= 11 is 1.52. The van der Waals surface area contributed by atoms with Gasteiger partial charge in [0.15, 0.2) is 0 Å². The number of ketones is 1. The van der Waals surface area contributed by atoms with Crippen LogP contribution in [0.4, 0.5) is 0 Å². The van der Waals surface area contributed by atoms with E-state index in [4.69, 9.17) is 0 Å². The quantitative estimate of drug-likeness (QED) is 0.705. The van der Waals surface area contributed by atoms with Crippen LogP contribution in [0, 0.1) is 6.92 Å². The molecule has 0 aliphatic heterocycles. The van der Waals surface area contributed by atoms with Crippen molar-refractivity contribution in [3.63, 3.8) is 0 Å². The normalized spacial score (nSPS) is 10.4. The van der Waals surface area contributed by atoms with Crippen LogP contribution in [0.2, 0.25) is 0 Å². The Morgan fingerprint density at radius 3 is 2.86 bits per heavy atom. The summed E-state index contributed by atoms with van der Waals surface area (Å²) < 4.78 is 1.62. The van der Waals surface area contributed by atoms with E-state index in [-0.39, 0.29) is 5.78 Å². The number of aryl methyl sites for hydroxylation is 2. The smallest absolute Gasteiger partial charge is 0.211 e. The molecule has 2 aromatic rings. The molecule has 0 bridgehead atoms. The Morgan fingerprint density at radius 1 is 1.57 bits per heavy atom. The summed E-state index contributed by atoms with van der Waals surface area (Å²) in [6.07, 6.45) is 0. The molecule has 0 atom stereocenters. The second kappa shape index (κ2) is 3.38. The van der Waals surface area contributed by atoms with Gasteiger partial charge < -0.3 is 0 Å². The minimum Gasteiger partial charge on any atom is -0.287 e. The van der Waals surface area contributed by atoms with Gasteiger partial charge >= 0.3 is 0 Å². The number of thiophene rings is 1. The topological polar surface area (TPSA) is 34.9 Å². The maximum absolute atomic E-state index is 11.9. The van der Waals surface area contributed by atoms with E-state index >= 15 is 0 Å². The summed E-state index contributed by atoms with van der Waals surface area (Å²) in [5.41, 5.74) is 2.24. The van der Waals surface area contributed by atoms with Crippen molar-refractivity contribution in [3.05, 3.63) is 39.8 Å². The van der Waals surface area contributed by atoms with Gasteiger partial charge in [-0.05, 0) is 24.4 Å². The lowest BCUT2D eigenvalue weighted by Crippen LogP contribution is -2.06. The van der Waals surface area contributed by atoms with Gasteiger partial charge in [0.25, 0.3) is 0 Å². The van der Waals surface area contributed by atoms with Gasteiger partial charge in [0.05, 0.1) is 5.69 Å². The van der Waals surface area contributed by atoms with E-state index in [9.17, 15) is 4.79 Å². The molecular formula is C10H10N2OS. The van der Waals surface area contributed by atoms with E-state index in [0.717, 1.165) is 11.3 Å². The number of carbonyl (C=O) groups excluding carboxylic acids is 1. The molecule has 0 saturated carbocycles. The Bertz CT molecular complexity index is 456. The van der Waals surface area contributed by atoms with Crippen molar-refractivity contribution >= 4 is 17.1 Å². The van der Waals surface area contributed by atoms with Crippen LogP contribution in [0.3, 0.4) is 0 Å². The lowest BCUT2D eigenvalue weighted by atomic mass is 10.1. The molecule has 0 amide bonds. The van der Waals surface area contributed by atoms with Crippen molar-refractivity contribution in [2.24, 2.45) is 7.05 Å². The summed E-state index contributed by atoms with van der Waals surface area (Å²) in [5.74, 6) is 0.0364. The summed E-state index contributed by atoms with van der Waals surface area (Å²) in [7, 11) is 1.78. The molecule has 0 fully saturated rings. The highest BCUT2D eigenvalue weighted by Crippen LogP contribution is 2.13. The van der Waals surface area contributed by atoms with Gasteiger partial charge in [0.1, 0.15) is 5.69 Å². The third-order valence-electron chi connectivity index (χ3n) is 2.02. The summed E-state index contributed by atoms with van der Waals surface area (Å²) in [6, 6.07) is 3.63. The summed E-state index contributed by atoms with van der Waals surface area (Å²) in [6.45, 7) is 1.88. The van der Waals surface area contributed by atoms with E-state index in [2.05, 4.69) is 5.10 Å². The van der Waals surface area contributed by atoms with Gasteiger partial charge in [0.2, 0.25) is 5.78 Å². The third kappa shape index (κ3) is 1.48. The average molecular weight is 206 g/mol. The Balaban J connectivity index is 2.41. The number of hydrogen-bond donors (Lipinski definition) is 0. The van der Waals surface area contributed by atoms with E-state index in [0.29, 0.717) is 5.69 Å². The van der Waals surface area contributed by atoms with Crippen LogP contribution in [-0.4, -0.2) is 15.6 Å². The fraction of sp³-hybridized carbons (Fsp3) is 0.200. The predicted molar refractivity (Wildman–Crippen MR) is 55.7 cm³/mol. The first-order valence-corrected chi connectivity index (χ1v) is 5.20. The molecule has 0 saturated heterocycles. The van der Waals surface area contributed by atoms with E-state index in [1.165, 1.54) is 11.3 Å². The SMILES string of the molecule is Cc1cc(C(=O)c2ccsc2)n(C)n1. The van der Waals surface area contributed by atoms with Crippen molar-refractivity contribution in [1.82, 2.24) is 9.78 Å². The molecule has 3 nitrogen and oxygen atoms in total. The predicted octanol–water partition coefficient (Wildman–Crippen LogP) is 2.02. The van der Waals surface area contributed by atoms with Crippen LogP contribution in [0.5, 0.6) is 0 Å². The Morgan fingerprint density at radius 2 is 2.36 bits per heavy atom. The number of aromatic nitrogens is 2. The highest BCUT2D eigenvalue weighted by Gasteiger charge is 2.13. The second-order valence-electron chi connectivity index (χ2n) is 3.14. The molecule has 0 spiro atoms. The zero-order valence-corrected chi connectivity index (χ0v) is 8.84. The first-order chi connectivity index (χ1) is 6.68. The molecule has 0 radical (unpaired) electrons. The zero-order chi connectivity index (χ0) is 10.1. The zero-order valence-electron chi connectivity index (χ0n) is 8.02. The van der Waals surface area contributed by atoms with Crippen molar-refractivity contribution in [3.8, 4) is 0 Å². The number of rotatable bonds is 2.